The average Bonchev–Trinajstić information content (AvgIpc) is 2.53. The fraction of sp³-hybridized carbons (Fsp3) is 0.765. The Morgan fingerprint density at radius 3 is 2.22 bits per heavy atom. The largest absolute Gasteiger partial charge is 0.463 e. The number of carbonyl (C=O) groups is 4. The van der Waals surface area contributed by atoms with Crippen molar-refractivity contribution in [1.29, 1.82) is 0 Å². The highest BCUT2D eigenvalue weighted by Gasteiger charge is 2.44. The molecular formula is C17H27NO9. The van der Waals surface area contributed by atoms with Crippen molar-refractivity contribution >= 4 is 23.8 Å². The summed E-state index contributed by atoms with van der Waals surface area (Å²) >= 11 is 0. The zero-order valence-corrected chi connectivity index (χ0v) is 16.0. The SMILES string of the molecule is CC(=O)NCCCO[C@H]1C[C@@H](OC(C)=O)[C@@H](OC(C)=O)[C@@H](COC(C)=O)O1. The summed E-state index contributed by atoms with van der Waals surface area (Å²) in [4.78, 5) is 44.8. The van der Waals surface area contributed by atoms with E-state index in [1.165, 1.54) is 27.7 Å². The van der Waals surface area contributed by atoms with Crippen molar-refractivity contribution in [1.82, 2.24) is 5.32 Å². The Balaban J connectivity index is 2.74. The van der Waals surface area contributed by atoms with Gasteiger partial charge in [0, 0.05) is 40.7 Å². The van der Waals surface area contributed by atoms with Crippen LogP contribution in [0.5, 0.6) is 0 Å². The minimum Gasteiger partial charge on any atom is -0.463 e. The molecule has 1 N–H and O–H groups in total. The third kappa shape index (κ3) is 9.34. The molecule has 1 rings (SSSR count). The zero-order valence-electron chi connectivity index (χ0n) is 16.0. The lowest BCUT2D eigenvalue weighted by molar-refractivity contribution is -0.266. The van der Waals surface area contributed by atoms with Crippen LogP contribution in [0, 0.1) is 0 Å². The van der Waals surface area contributed by atoms with E-state index in [4.69, 9.17) is 23.7 Å². The lowest BCUT2D eigenvalue weighted by Gasteiger charge is -2.39. The fourth-order valence-corrected chi connectivity index (χ4v) is 2.56. The Bertz CT molecular complexity index is 536. The van der Waals surface area contributed by atoms with Crippen LogP contribution in [0.3, 0.4) is 0 Å². The summed E-state index contributed by atoms with van der Waals surface area (Å²) in [6.07, 6.45) is -2.63. The van der Waals surface area contributed by atoms with Crippen LogP contribution in [0.15, 0.2) is 0 Å². The van der Waals surface area contributed by atoms with E-state index in [9.17, 15) is 19.2 Å². The molecule has 1 amide bonds. The van der Waals surface area contributed by atoms with Crippen LogP contribution in [0.2, 0.25) is 0 Å². The van der Waals surface area contributed by atoms with E-state index in [1.54, 1.807) is 0 Å². The Morgan fingerprint density at radius 2 is 1.67 bits per heavy atom. The number of esters is 3. The molecule has 1 aliphatic rings. The Labute approximate surface area is 157 Å². The molecule has 0 spiro atoms. The molecule has 1 heterocycles. The van der Waals surface area contributed by atoms with Crippen molar-refractivity contribution in [3.63, 3.8) is 0 Å². The molecule has 0 aliphatic carbocycles. The van der Waals surface area contributed by atoms with Crippen molar-refractivity contribution in [2.75, 3.05) is 19.8 Å². The molecule has 1 fully saturated rings. The number of nitrogens with one attached hydrogen (secondary N) is 1. The summed E-state index contributed by atoms with van der Waals surface area (Å²) in [7, 11) is 0. The van der Waals surface area contributed by atoms with Gasteiger partial charge in [0.15, 0.2) is 12.4 Å². The van der Waals surface area contributed by atoms with Gasteiger partial charge in [-0.25, -0.2) is 0 Å². The van der Waals surface area contributed by atoms with Gasteiger partial charge in [0.25, 0.3) is 0 Å². The predicted molar refractivity (Wildman–Crippen MR) is 90.3 cm³/mol. The van der Waals surface area contributed by atoms with Crippen LogP contribution in [-0.4, -0.2) is 68.2 Å². The number of hydrogen-bond donors (Lipinski definition) is 1. The van der Waals surface area contributed by atoms with Crippen molar-refractivity contribution in [2.45, 2.75) is 65.1 Å². The molecule has 27 heavy (non-hydrogen) atoms. The van der Waals surface area contributed by atoms with Gasteiger partial charge in [-0.15, -0.1) is 0 Å². The summed E-state index contributed by atoms with van der Waals surface area (Å²) in [5.74, 6) is -1.79. The van der Waals surface area contributed by atoms with Gasteiger partial charge < -0.3 is 29.0 Å². The van der Waals surface area contributed by atoms with Crippen molar-refractivity contribution < 1.29 is 42.9 Å². The van der Waals surface area contributed by atoms with Crippen LogP contribution in [0.4, 0.5) is 0 Å². The van der Waals surface area contributed by atoms with Crippen molar-refractivity contribution in [3.8, 4) is 0 Å². The molecule has 0 bridgehead atoms. The molecule has 0 aromatic carbocycles. The van der Waals surface area contributed by atoms with Crippen molar-refractivity contribution in [3.05, 3.63) is 0 Å². The van der Waals surface area contributed by atoms with E-state index in [0.29, 0.717) is 13.0 Å². The van der Waals surface area contributed by atoms with Crippen LogP contribution in [-0.2, 0) is 42.9 Å². The first-order chi connectivity index (χ1) is 12.7. The average molecular weight is 389 g/mol. The van der Waals surface area contributed by atoms with Gasteiger partial charge in [-0.05, 0) is 6.42 Å². The lowest BCUT2D eigenvalue weighted by Crippen LogP contribution is -2.54. The molecule has 0 radical (unpaired) electrons. The van der Waals surface area contributed by atoms with Gasteiger partial charge >= 0.3 is 17.9 Å². The molecule has 0 aromatic heterocycles. The molecule has 1 aliphatic heterocycles. The zero-order chi connectivity index (χ0) is 20.4. The fourth-order valence-electron chi connectivity index (χ4n) is 2.56. The second kappa shape index (κ2) is 11.5. The minimum absolute atomic E-state index is 0.135. The first-order valence-corrected chi connectivity index (χ1v) is 8.68. The van der Waals surface area contributed by atoms with Gasteiger partial charge in [-0.2, -0.15) is 0 Å². The highest BCUT2D eigenvalue weighted by molar-refractivity contribution is 5.72. The molecule has 1 saturated heterocycles. The normalized spacial score (nSPS) is 24.6. The summed E-state index contributed by atoms with van der Waals surface area (Å²) in [6.45, 7) is 5.67. The second-order valence-corrected chi connectivity index (χ2v) is 6.07. The monoisotopic (exact) mass is 389 g/mol. The molecule has 0 saturated carbocycles. The van der Waals surface area contributed by atoms with Crippen LogP contribution in [0.1, 0.15) is 40.5 Å². The third-order valence-corrected chi connectivity index (χ3v) is 3.55. The van der Waals surface area contributed by atoms with E-state index < -0.39 is 42.5 Å². The highest BCUT2D eigenvalue weighted by Crippen LogP contribution is 2.27. The van der Waals surface area contributed by atoms with E-state index in [0.717, 1.165) is 0 Å². The van der Waals surface area contributed by atoms with E-state index in [2.05, 4.69) is 5.32 Å². The Hall–Kier alpha value is -2.20. The van der Waals surface area contributed by atoms with Crippen LogP contribution < -0.4 is 5.32 Å². The Kier molecular flexibility index (Phi) is 9.73. The number of ether oxygens (including phenoxy) is 5. The lowest BCUT2D eigenvalue weighted by atomic mass is 10.0. The highest BCUT2D eigenvalue weighted by atomic mass is 16.7. The van der Waals surface area contributed by atoms with Gasteiger partial charge in [-0.1, -0.05) is 0 Å². The quantitative estimate of drug-likeness (QED) is 0.331. The molecule has 4 atom stereocenters. The first kappa shape index (κ1) is 22.8. The second-order valence-electron chi connectivity index (χ2n) is 6.07. The van der Waals surface area contributed by atoms with E-state index in [1.807, 2.05) is 0 Å². The van der Waals surface area contributed by atoms with Gasteiger partial charge in [0.1, 0.15) is 18.8 Å². The summed E-state index contributed by atoms with van der Waals surface area (Å²) < 4.78 is 26.8. The summed E-state index contributed by atoms with van der Waals surface area (Å²) in [5, 5.41) is 2.64. The van der Waals surface area contributed by atoms with Gasteiger partial charge in [0.05, 0.1) is 6.61 Å². The topological polar surface area (TPSA) is 126 Å². The smallest absolute Gasteiger partial charge is 0.303 e. The van der Waals surface area contributed by atoms with Gasteiger partial charge in [-0.3, -0.25) is 19.2 Å². The predicted octanol–water partition coefficient (Wildman–Crippen LogP) is 0.0707. The summed E-state index contributed by atoms with van der Waals surface area (Å²) in [5.41, 5.74) is 0. The molecule has 10 heteroatoms. The number of amides is 1. The minimum atomic E-state index is -0.926. The third-order valence-electron chi connectivity index (χ3n) is 3.55. The maximum Gasteiger partial charge on any atom is 0.303 e. The molecule has 10 nitrogen and oxygen atoms in total. The number of carbonyl (C=O) groups excluding carboxylic acids is 4. The van der Waals surface area contributed by atoms with Crippen LogP contribution in [0.25, 0.3) is 0 Å². The maximum atomic E-state index is 11.4. The van der Waals surface area contributed by atoms with E-state index in [-0.39, 0.29) is 25.5 Å². The van der Waals surface area contributed by atoms with Gasteiger partial charge in [0.2, 0.25) is 5.91 Å². The standard InChI is InChI=1S/C17H27NO9/c1-10(19)18-6-5-7-23-16-8-14(25-12(3)21)17(26-13(4)22)15(27-16)9-24-11(2)20/h14-17H,5-9H2,1-4H3,(H,18,19)/t14-,15-,16-,17-/m1/s1. The van der Waals surface area contributed by atoms with E-state index >= 15 is 0 Å². The van der Waals surface area contributed by atoms with Crippen LogP contribution >= 0.6 is 0 Å². The molecular weight excluding hydrogens is 362 g/mol. The molecule has 0 aromatic rings. The summed E-state index contributed by atoms with van der Waals surface area (Å²) in [6, 6.07) is 0. The number of rotatable bonds is 9. The maximum absolute atomic E-state index is 11.4. The first-order valence-electron chi connectivity index (χ1n) is 8.68. The van der Waals surface area contributed by atoms with Crippen molar-refractivity contribution in [2.24, 2.45) is 0 Å². The molecule has 0 unspecified atom stereocenters. The number of hydrogen-bond acceptors (Lipinski definition) is 9. The molecule has 154 valence electrons. The Morgan fingerprint density at radius 1 is 1.00 bits per heavy atom.